The van der Waals surface area contributed by atoms with E-state index in [0.29, 0.717) is 19.0 Å². The molecule has 0 aromatic carbocycles. The SMILES string of the molecule is CCNc1n[nH]c(N)c1C(=O)OCC. The van der Waals surface area contributed by atoms with Gasteiger partial charge in [0.1, 0.15) is 11.4 Å². The zero-order valence-corrected chi connectivity index (χ0v) is 8.26. The minimum atomic E-state index is -0.463. The molecule has 0 bridgehead atoms. The molecule has 0 aliphatic rings. The number of H-pyrrole nitrogens is 1. The van der Waals surface area contributed by atoms with Crippen LogP contribution in [0.15, 0.2) is 0 Å². The normalized spacial score (nSPS) is 9.86. The number of nitrogen functional groups attached to an aromatic ring is 1. The summed E-state index contributed by atoms with van der Waals surface area (Å²) in [6.45, 7) is 4.62. The number of hydrogen-bond acceptors (Lipinski definition) is 5. The van der Waals surface area contributed by atoms with Gasteiger partial charge in [0.25, 0.3) is 0 Å². The molecule has 0 aliphatic carbocycles. The van der Waals surface area contributed by atoms with Crippen molar-refractivity contribution in [3.63, 3.8) is 0 Å². The molecule has 1 rings (SSSR count). The third-order valence-corrected chi connectivity index (χ3v) is 1.62. The van der Waals surface area contributed by atoms with Gasteiger partial charge in [0.05, 0.1) is 6.61 Å². The Hall–Kier alpha value is -1.72. The summed E-state index contributed by atoms with van der Waals surface area (Å²) in [7, 11) is 0. The highest BCUT2D eigenvalue weighted by Crippen LogP contribution is 2.19. The molecule has 0 fully saturated rings. The molecule has 0 amide bonds. The third kappa shape index (κ3) is 1.95. The molecule has 1 heterocycles. The summed E-state index contributed by atoms with van der Waals surface area (Å²) in [4.78, 5) is 11.4. The van der Waals surface area contributed by atoms with E-state index in [2.05, 4.69) is 15.5 Å². The van der Waals surface area contributed by atoms with Crippen LogP contribution in [-0.4, -0.2) is 29.3 Å². The fourth-order valence-corrected chi connectivity index (χ4v) is 1.06. The highest BCUT2D eigenvalue weighted by atomic mass is 16.5. The zero-order chi connectivity index (χ0) is 10.6. The Morgan fingerprint density at radius 1 is 1.64 bits per heavy atom. The Morgan fingerprint density at radius 2 is 2.36 bits per heavy atom. The molecular formula is C8H14N4O2. The average Bonchev–Trinajstić information content (AvgIpc) is 2.48. The first kappa shape index (κ1) is 10.4. The number of anilines is 2. The van der Waals surface area contributed by atoms with Gasteiger partial charge >= 0.3 is 5.97 Å². The second-order valence-electron chi connectivity index (χ2n) is 2.61. The number of aromatic nitrogens is 2. The van der Waals surface area contributed by atoms with Crippen LogP contribution in [0, 0.1) is 0 Å². The van der Waals surface area contributed by atoms with Crippen molar-refractivity contribution in [3.05, 3.63) is 5.56 Å². The molecule has 0 aliphatic heterocycles. The number of nitrogens with zero attached hydrogens (tertiary/aromatic N) is 1. The van der Waals surface area contributed by atoms with Crippen molar-refractivity contribution in [1.29, 1.82) is 0 Å². The van der Waals surface area contributed by atoms with Gasteiger partial charge in [-0.15, -0.1) is 0 Å². The number of carbonyl (C=O) groups excluding carboxylic acids is 1. The van der Waals surface area contributed by atoms with Crippen LogP contribution in [0.4, 0.5) is 11.6 Å². The molecule has 0 unspecified atom stereocenters. The summed E-state index contributed by atoms with van der Waals surface area (Å²) in [6.07, 6.45) is 0. The number of esters is 1. The molecule has 0 saturated heterocycles. The first-order valence-corrected chi connectivity index (χ1v) is 4.45. The lowest BCUT2D eigenvalue weighted by Gasteiger charge is -2.03. The smallest absolute Gasteiger partial charge is 0.345 e. The molecule has 1 aromatic rings. The Labute approximate surface area is 81.8 Å². The lowest BCUT2D eigenvalue weighted by atomic mass is 10.3. The van der Waals surface area contributed by atoms with Gasteiger partial charge in [0.2, 0.25) is 0 Å². The van der Waals surface area contributed by atoms with Crippen molar-refractivity contribution in [2.75, 3.05) is 24.2 Å². The monoisotopic (exact) mass is 198 g/mol. The molecule has 0 saturated carbocycles. The van der Waals surface area contributed by atoms with Gasteiger partial charge < -0.3 is 15.8 Å². The standard InChI is InChI=1S/C8H14N4O2/c1-3-10-7-5(6(9)11-12-7)8(13)14-4-2/h3-4H2,1-2H3,(H4,9,10,11,12). The Kier molecular flexibility index (Phi) is 3.33. The molecular weight excluding hydrogens is 184 g/mol. The number of nitrogens with two attached hydrogens (primary N) is 1. The van der Waals surface area contributed by atoms with Gasteiger partial charge in [-0.25, -0.2) is 4.79 Å². The summed E-state index contributed by atoms with van der Waals surface area (Å²) in [6, 6.07) is 0. The largest absolute Gasteiger partial charge is 0.462 e. The van der Waals surface area contributed by atoms with Gasteiger partial charge in [-0.05, 0) is 13.8 Å². The lowest BCUT2D eigenvalue weighted by Crippen LogP contribution is -2.10. The van der Waals surface area contributed by atoms with Crippen LogP contribution < -0.4 is 11.1 Å². The molecule has 0 radical (unpaired) electrons. The number of rotatable bonds is 4. The molecule has 78 valence electrons. The number of aromatic amines is 1. The van der Waals surface area contributed by atoms with E-state index in [4.69, 9.17) is 10.5 Å². The number of carbonyl (C=O) groups is 1. The van der Waals surface area contributed by atoms with E-state index in [0.717, 1.165) is 0 Å². The number of nitrogens with one attached hydrogen (secondary N) is 2. The van der Waals surface area contributed by atoms with Crippen molar-refractivity contribution in [3.8, 4) is 0 Å². The summed E-state index contributed by atoms with van der Waals surface area (Å²) < 4.78 is 4.84. The highest BCUT2D eigenvalue weighted by molar-refractivity contribution is 5.99. The van der Waals surface area contributed by atoms with Crippen LogP contribution in [0.2, 0.25) is 0 Å². The molecule has 6 nitrogen and oxygen atoms in total. The van der Waals surface area contributed by atoms with Gasteiger partial charge in [-0.1, -0.05) is 0 Å². The third-order valence-electron chi connectivity index (χ3n) is 1.62. The minimum absolute atomic E-state index is 0.222. The Balaban J connectivity index is 2.92. The molecule has 14 heavy (non-hydrogen) atoms. The van der Waals surface area contributed by atoms with E-state index in [1.54, 1.807) is 6.92 Å². The highest BCUT2D eigenvalue weighted by Gasteiger charge is 2.19. The van der Waals surface area contributed by atoms with Crippen LogP contribution in [0.25, 0.3) is 0 Å². The molecule has 1 aromatic heterocycles. The fraction of sp³-hybridized carbons (Fsp3) is 0.500. The summed E-state index contributed by atoms with van der Waals surface area (Å²) in [5.41, 5.74) is 5.82. The van der Waals surface area contributed by atoms with Crippen LogP contribution >= 0.6 is 0 Å². The second-order valence-corrected chi connectivity index (χ2v) is 2.61. The quantitative estimate of drug-likeness (QED) is 0.616. The van der Waals surface area contributed by atoms with Crippen LogP contribution in [0.5, 0.6) is 0 Å². The summed E-state index contributed by atoms with van der Waals surface area (Å²) in [5.74, 6) is 0.192. The lowest BCUT2D eigenvalue weighted by molar-refractivity contribution is 0.0529. The molecule has 0 spiro atoms. The predicted molar refractivity (Wildman–Crippen MR) is 53.1 cm³/mol. The van der Waals surface area contributed by atoms with Crippen LogP contribution in [0.3, 0.4) is 0 Å². The van der Waals surface area contributed by atoms with Crippen molar-refractivity contribution >= 4 is 17.6 Å². The van der Waals surface area contributed by atoms with Gasteiger partial charge in [-0.2, -0.15) is 5.10 Å². The van der Waals surface area contributed by atoms with Crippen molar-refractivity contribution in [1.82, 2.24) is 10.2 Å². The first-order chi connectivity index (χ1) is 6.70. The fourth-order valence-electron chi connectivity index (χ4n) is 1.06. The van der Waals surface area contributed by atoms with Gasteiger partial charge in [0, 0.05) is 6.54 Å². The summed E-state index contributed by atoms with van der Waals surface area (Å²) in [5, 5.41) is 9.29. The zero-order valence-electron chi connectivity index (χ0n) is 8.26. The minimum Gasteiger partial charge on any atom is -0.462 e. The van der Waals surface area contributed by atoms with E-state index in [9.17, 15) is 4.79 Å². The maximum absolute atomic E-state index is 11.4. The van der Waals surface area contributed by atoms with E-state index < -0.39 is 5.97 Å². The maximum atomic E-state index is 11.4. The summed E-state index contributed by atoms with van der Waals surface area (Å²) >= 11 is 0. The molecule has 0 atom stereocenters. The number of hydrogen-bond donors (Lipinski definition) is 3. The van der Waals surface area contributed by atoms with E-state index >= 15 is 0 Å². The Bertz CT molecular complexity index is 321. The van der Waals surface area contributed by atoms with E-state index in [1.807, 2.05) is 6.92 Å². The van der Waals surface area contributed by atoms with Crippen LogP contribution in [0.1, 0.15) is 24.2 Å². The van der Waals surface area contributed by atoms with Crippen LogP contribution in [-0.2, 0) is 4.74 Å². The first-order valence-electron chi connectivity index (χ1n) is 4.45. The van der Waals surface area contributed by atoms with E-state index in [-0.39, 0.29) is 11.4 Å². The topological polar surface area (TPSA) is 93.0 Å². The van der Waals surface area contributed by atoms with Gasteiger partial charge in [0.15, 0.2) is 5.82 Å². The van der Waals surface area contributed by atoms with Crippen molar-refractivity contribution in [2.24, 2.45) is 0 Å². The van der Waals surface area contributed by atoms with E-state index in [1.165, 1.54) is 0 Å². The molecule has 6 heteroatoms. The van der Waals surface area contributed by atoms with Crippen molar-refractivity contribution < 1.29 is 9.53 Å². The maximum Gasteiger partial charge on any atom is 0.345 e. The predicted octanol–water partition coefficient (Wildman–Crippen LogP) is 0.600. The second kappa shape index (κ2) is 4.50. The average molecular weight is 198 g/mol. The Morgan fingerprint density at radius 3 is 2.93 bits per heavy atom. The number of ether oxygens (including phenoxy) is 1. The van der Waals surface area contributed by atoms with Crippen molar-refractivity contribution in [2.45, 2.75) is 13.8 Å². The molecule has 4 N–H and O–H groups in total. The van der Waals surface area contributed by atoms with Gasteiger partial charge in [-0.3, -0.25) is 5.10 Å².